The summed E-state index contributed by atoms with van der Waals surface area (Å²) < 4.78 is 44.7. The van der Waals surface area contributed by atoms with Crippen molar-refractivity contribution in [1.82, 2.24) is 5.16 Å². The van der Waals surface area contributed by atoms with Crippen molar-refractivity contribution in [3.05, 3.63) is 47.7 Å². The van der Waals surface area contributed by atoms with E-state index in [-0.39, 0.29) is 16.8 Å². The van der Waals surface area contributed by atoms with Crippen LogP contribution in [0.25, 0.3) is 0 Å². The summed E-state index contributed by atoms with van der Waals surface area (Å²) in [6.07, 6.45) is -4.43. The van der Waals surface area contributed by atoms with E-state index in [0.717, 1.165) is 0 Å². The standard InChI is InChI=1S/C15H17F3N2O/c1-14(2,3)11-9-12(20-21-11)19-13(15(16,17)18)10-7-5-4-6-8-10/h4-9,13H,1-3H3,(H,19,20). The molecule has 6 heteroatoms. The second-order valence-corrected chi connectivity index (χ2v) is 5.86. The molecule has 1 aromatic carbocycles. The second-order valence-electron chi connectivity index (χ2n) is 5.86. The van der Waals surface area contributed by atoms with Crippen molar-refractivity contribution < 1.29 is 17.7 Å². The fourth-order valence-corrected chi connectivity index (χ4v) is 1.84. The van der Waals surface area contributed by atoms with E-state index in [4.69, 9.17) is 4.52 Å². The lowest BCUT2D eigenvalue weighted by atomic mass is 9.93. The van der Waals surface area contributed by atoms with Gasteiger partial charge in [-0.15, -0.1) is 0 Å². The summed E-state index contributed by atoms with van der Waals surface area (Å²) in [4.78, 5) is 0. The first-order chi connectivity index (χ1) is 9.68. The Morgan fingerprint density at radius 1 is 1.10 bits per heavy atom. The molecule has 0 radical (unpaired) electrons. The number of hydrogen-bond donors (Lipinski definition) is 1. The molecular weight excluding hydrogens is 281 g/mol. The summed E-state index contributed by atoms with van der Waals surface area (Å²) in [5, 5.41) is 6.07. The Balaban J connectivity index is 2.27. The van der Waals surface area contributed by atoms with Gasteiger partial charge in [0.1, 0.15) is 11.8 Å². The molecule has 0 aliphatic heterocycles. The normalized spacial score (nSPS) is 14.0. The van der Waals surface area contributed by atoms with Crippen molar-refractivity contribution >= 4 is 5.82 Å². The molecule has 0 saturated heterocycles. The third kappa shape index (κ3) is 3.77. The quantitative estimate of drug-likeness (QED) is 0.893. The first-order valence-corrected chi connectivity index (χ1v) is 6.53. The van der Waals surface area contributed by atoms with E-state index in [1.165, 1.54) is 18.2 Å². The average molecular weight is 298 g/mol. The molecular formula is C15H17F3N2O. The van der Waals surface area contributed by atoms with Gasteiger partial charge in [0.05, 0.1) is 0 Å². The maximum Gasteiger partial charge on any atom is 0.412 e. The molecule has 0 saturated carbocycles. The smallest absolute Gasteiger partial charge is 0.359 e. The van der Waals surface area contributed by atoms with Gasteiger partial charge in [-0.1, -0.05) is 56.3 Å². The van der Waals surface area contributed by atoms with Crippen LogP contribution in [0.5, 0.6) is 0 Å². The summed E-state index contributed by atoms with van der Waals surface area (Å²) in [7, 11) is 0. The van der Waals surface area contributed by atoms with Gasteiger partial charge in [0, 0.05) is 11.5 Å². The summed E-state index contributed by atoms with van der Waals surface area (Å²) in [5.41, 5.74) is -0.182. The molecule has 0 aliphatic carbocycles. The lowest BCUT2D eigenvalue weighted by Crippen LogP contribution is -2.28. The fourth-order valence-electron chi connectivity index (χ4n) is 1.84. The van der Waals surface area contributed by atoms with Crippen LogP contribution >= 0.6 is 0 Å². The Kier molecular flexibility index (Phi) is 3.98. The number of aromatic nitrogens is 1. The van der Waals surface area contributed by atoms with Crippen LogP contribution in [0.1, 0.15) is 38.1 Å². The van der Waals surface area contributed by atoms with Crippen LogP contribution in [0.4, 0.5) is 19.0 Å². The minimum atomic E-state index is -4.43. The summed E-state index contributed by atoms with van der Waals surface area (Å²) >= 11 is 0. The number of nitrogens with one attached hydrogen (secondary N) is 1. The molecule has 1 unspecified atom stereocenters. The van der Waals surface area contributed by atoms with Crippen LogP contribution in [0.2, 0.25) is 0 Å². The number of benzene rings is 1. The van der Waals surface area contributed by atoms with Gasteiger partial charge in [-0.3, -0.25) is 0 Å². The number of rotatable bonds is 3. The molecule has 2 rings (SSSR count). The van der Waals surface area contributed by atoms with Gasteiger partial charge in [-0.25, -0.2) is 0 Å². The highest BCUT2D eigenvalue weighted by Gasteiger charge is 2.41. The zero-order valence-electron chi connectivity index (χ0n) is 12.0. The van der Waals surface area contributed by atoms with Gasteiger partial charge in [0.25, 0.3) is 0 Å². The van der Waals surface area contributed by atoms with Gasteiger partial charge in [0.2, 0.25) is 0 Å². The zero-order chi connectivity index (χ0) is 15.7. The summed E-state index contributed by atoms with van der Waals surface area (Å²) in [6.45, 7) is 5.70. The predicted molar refractivity (Wildman–Crippen MR) is 74.1 cm³/mol. The van der Waals surface area contributed by atoms with Crippen LogP contribution in [0.15, 0.2) is 40.9 Å². The SMILES string of the molecule is CC(C)(C)c1cc(NC(c2ccccc2)C(F)(F)F)no1. The van der Waals surface area contributed by atoms with E-state index < -0.39 is 12.2 Å². The monoisotopic (exact) mass is 298 g/mol. The van der Waals surface area contributed by atoms with Crippen LogP contribution in [-0.2, 0) is 5.41 Å². The third-order valence-electron chi connectivity index (χ3n) is 3.00. The largest absolute Gasteiger partial charge is 0.412 e. The Hall–Kier alpha value is -1.98. The Morgan fingerprint density at radius 3 is 2.19 bits per heavy atom. The van der Waals surface area contributed by atoms with Gasteiger partial charge in [0.15, 0.2) is 5.82 Å². The van der Waals surface area contributed by atoms with Crippen molar-refractivity contribution in [3.63, 3.8) is 0 Å². The van der Waals surface area contributed by atoms with Gasteiger partial charge >= 0.3 is 6.18 Å². The molecule has 3 nitrogen and oxygen atoms in total. The van der Waals surface area contributed by atoms with Crippen LogP contribution in [0.3, 0.4) is 0 Å². The highest BCUT2D eigenvalue weighted by molar-refractivity contribution is 5.40. The van der Waals surface area contributed by atoms with E-state index in [1.807, 2.05) is 20.8 Å². The first kappa shape index (κ1) is 15.4. The van der Waals surface area contributed by atoms with E-state index in [2.05, 4.69) is 10.5 Å². The van der Waals surface area contributed by atoms with Crippen LogP contribution < -0.4 is 5.32 Å². The minimum absolute atomic E-state index is 0.0751. The maximum absolute atomic E-state index is 13.2. The van der Waals surface area contributed by atoms with Gasteiger partial charge in [-0.05, 0) is 5.56 Å². The molecule has 0 fully saturated rings. The molecule has 0 aliphatic rings. The van der Waals surface area contributed by atoms with E-state index >= 15 is 0 Å². The molecule has 1 atom stereocenters. The number of nitrogens with zero attached hydrogens (tertiary/aromatic N) is 1. The molecule has 0 spiro atoms. The van der Waals surface area contributed by atoms with Crippen molar-refractivity contribution in [2.24, 2.45) is 0 Å². The van der Waals surface area contributed by atoms with Crippen molar-refractivity contribution in [3.8, 4) is 0 Å². The molecule has 1 aromatic heterocycles. The second kappa shape index (κ2) is 5.42. The third-order valence-corrected chi connectivity index (χ3v) is 3.00. The molecule has 114 valence electrons. The predicted octanol–water partition coefficient (Wildman–Crippen LogP) is 4.69. The van der Waals surface area contributed by atoms with E-state index in [1.54, 1.807) is 18.2 Å². The molecule has 21 heavy (non-hydrogen) atoms. The Bertz CT molecular complexity index is 585. The molecule has 1 N–H and O–H groups in total. The highest BCUT2D eigenvalue weighted by atomic mass is 19.4. The van der Waals surface area contributed by atoms with E-state index in [9.17, 15) is 13.2 Å². The zero-order valence-corrected chi connectivity index (χ0v) is 12.0. The number of alkyl halides is 3. The topological polar surface area (TPSA) is 38.1 Å². The fraction of sp³-hybridized carbons (Fsp3) is 0.400. The maximum atomic E-state index is 13.2. The number of hydrogen-bond acceptors (Lipinski definition) is 3. The molecule has 2 aromatic rings. The molecule has 1 heterocycles. The summed E-state index contributed by atoms with van der Waals surface area (Å²) in [6, 6.07) is 7.34. The van der Waals surface area contributed by atoms with Gasteiger partial charge in [-0.2, -0.15) is 13.2 Å². The number of halogens is 3. The minimum Gasteiger partial charge on any atom is -0.359 e. The van der Waals surface area contributed by atoms with Gasteiger partial charge < -0.3 is 9.84 Å². The first-order valence-electron chi connectivity index (χ1n) is 6.53. The van der Waals surface area contributed by atoms with E-state index in [0.29, 0.717) is 5.76 Å². The van der Waals surface area contributed by atoms with Crippen molar-refractivity contribution in [2.45, 2.75) is 38.4 Å². The van der Waals surface area contributed by atoms with Crippen molar-refractivity contribution in [2.75, 3.05) is 5.32 Å². The van der Waals surface area contributed by atoms with Crippen molar-refractivity contribution in [1.29, 1.82) is 0 Å². The highest BCUT2D eigenvalue weighted by Crippen LogP contribution is 2.36. The van der Waals surface area contributed by atoms with Crippen LogP contribution in [0, 0.1) is 0 Å². The Labute approximate surface area is 121 Å². The summed E-state index contributed by atoms with van der Waals surface area (Å²) in [5.74, 6) is 0.602. The number of anilines is 1. The average Bonchev–Trinajstić information content (AvgIpc) is 2.84. The lowest BCUT2D eigenvalue weighted by Gasteiger charge is -2.21. The molecule has 0 amide bonds. The Morgan fingerprint density at radius 2 is 1.71 bits per heavy atom. The molecule has 0 bridgehead atoms. The lowest BCUT2D eigenvalue weighted by molar-refractivity contribution is -0.144. The van der Waals surface area contributed by atoms with Crippen LogP contribution in [-0.4, -0.2) is 11.3 Å².